The third-order valence-electron chi connectivity index (χ3n) is 4.07. The maximum Gasteiger partial charge on any atom is 0.313 e. The maximum absolute atomic E-state index is 10.9. The minimum atomic E-state index is -0.854. The molecule has 3 heterocycles. The van der Waals surface area contributed by atoms with Crippen LogP contribution in [-0.2, 0) is 15.1 Å². The molecule has 7 heteroatoms. The average Bonchev–Trinajstić information content (AvgIpc) is 2.98. The van der Waals surface area contributed by atoms with Gasteiger partial charge in [-0.1, -0.05) is 11.8 Å². The number of ether oxygens (including phenoxy) is 1. The van der Waals surface area contributed by atoms with Crippen LogP contribution < -0.4 is 0 Å². The van der Waals surface area contributed by atoms with E-state index in [-0.39, 0.29) is 17.4 Å². The number of carbonyl (C=O) groups is 1. The van der Waals surface area contributed by atoms with Gasteiger partial charge in [0.05, 0.1) is 17.4 Å². The van der Waals surface area contributed by atoms with E-state index in [2.05, 4.69) is 16.9 Å². The lowest BCUT2D eigenvalue weighted by Gasteiger charge is -2.31. The smallest absolute Gasteiger partial charge is 0.313 e. The molecule has 2 unspecified atom stereocenters. The summed E-state index contributed by atoms with van der Waals surface area (Å²) in [6, 6.07) is 3.73. The van der Waals surface area contributed by atoms with Gasteiger partial charge in [0.2, 0.25) is 0 Å². The number of thioether (sulfide) groups is 1. The molecule has 0 saturated carbocycles. The fourth-order valence-corrected chi connectivity index (χ4v) is 3.53. The Bertz CT molecular complexity index is 687. The molecule has 21 heavy (non-hydrogen) atoms. The first-order valence-corrected chi connectivity index (χ1v) is 7.81. The molecule has 1 aliphatic rings. The van der Waals surface area contributed by atoms with Crippen LogP contribution in [0.3, 0.4) is 0 Å². The highest BCUT2D eigenvalue weighted by molar-refractivity contribution is 7.99. The lowest BCUT2D eigenvalue weighted by Crippen LogP contribution is -2.37. The van der Waals surface area contributed by atoms with Gasteiger partial charge in [0, 0.05) is 12.8 Å². The van der Waals surface area contributed by atoms with Gasteiger partial charge in [-0.15, -0.1) is 0 Å². The van der Waals surface area contributed by atoms with Crippen LogP contribution >= 0.6 is 11.8 Å². The maximum atomic E-state index is 10.9. The largest absolute Gasteiger partial charge is 0.481 e. The molecule has 1 saturated heterocycles. The molecule has 1 aliphatic heterocycles. The third kappa shape index (κ3) is 2.40. The molecular formula is C14H17N3O3S. The van der Waals surface area contributed by atoms with E-state index in [4.69, 9.17) is 9.84 Å². The number of aliphatic carboxylic acids is 1. The highest BCUT2D eigenvalue weighted by Crippen LogP contribution is 2.38. The van der Waals surface area contributed by atoms with Crippen LogP contribution in [0.2, 0.25) is 0 Å². The second-order valence-corrected chi connectivity index (χ2v) is 6.32. The summed E-state index contributed by atoms with van der Waals surface area (Å²) in [6.07, 6.45) is 2.62. The second-order valence-electron chi connectivity index (χ2n) is 5.38. The van der Waals surface area contributed by atoms with Gasteiger partial charge in [-0.3, -0.25) is 9.36 Å². The first kappa shape index (κ1) is 14.3. The van der Waals surface area contributed by atoms with Crippen LogP contribution in [0.25, 0.3) is 11.2 Å². The Hall–Kier alpha value is -1.60. The molecule has 0 bridgehead atoms. The molecule has 6 nitrogen and oxygen atoms in total. The number of rotatable bonds is 4. The van der Waals surface area contributed by atoms with Gasteiger partial charge in [0.25, 0.3) is 0 Å². The van der Waals surface area contributed by atoms with Crippen LogP contribution in [0.4, 0.5) is 0 Å². The Labute approximate surface area is 126 Å². The number of nitrogens with zero attached hydrogens (tertiary/aromatic N) is 3. The first-order chi connectivity index (χ1) is 10.0. The van der Waals surface area contributed by atoms with Gasteiger partial charge < -0.3 is 9.84 Å². The van der Waals surface area contributed by atoms with Crippen molar-refractivity contribution in [3.63, 3.8) is 0 Å². The SMILES string of the molecule is CC1OCCC1(C)n1c(SCC(=O)O)nc2cccnc21. The molecule has 112 valence electrons. The lowest BCUT2D eigenvalue weighted by atomic mass is 9.94. The van der Waals surface area contributed by atoms with Crippen molar-refractivity contribution in [1.82, 2.24) is 14.5 Å². The van der Waals surface area contributed by atoms with E-state index in [9.17, 15) is 4.79 Å². The fourth-order valence-electron chi connectivity index (χ4n) is 2.69. The number of pyridine rings is 1. The van der Waals surface area contributed by atoms with Crippen molar-refractivity contribution in [1.29, 1.82) is 0 Å². The van der Waals surface area contributed by atoms with Gasteiger partial charge in [-0.2, -0.15) is 0 Å². The van der Waals surface area contributed by atoms with Crippen molar-refractivity contribution in [2.45, 2.75) is 37.1 Å². The van der Waals surface area contributed by atoms with Crippen molar-refractivity contribution in [2.75, 3.05) is 12.4 Å². The lowest BCUT2D eigenvalue weighted by molar-refractivity contribution is -0.133. The zero-order chi connectivity index (χ0) is 15.0. The van der Waals surface area contributed by atoms with E-state index in [1.807, 2.05) is 23.6 Å². The normalized spacial score (nSPS) is 25.5. The second kappa shape index (κ2) is 5.31. The highest BCUT2D eigenvalue weighted by atomic mass is 32.2. The van der Waals surface area contributed by atoms with Crippen LogP contribution in [0.5, 0.6) is 0 Å². The predicted molar refractivity (Wildman–Crippen MR) is 79.6 cm³/mol. The highest BCUT2D eigenvalue weighted by Gasteiger charge is 2.41. The summed E-state index contributed by atoms with van der Waals surface area (Å²) in [5, 5.41) is 9.61. The number of fused-ring (bicyclic) bond motifs is 1. The van der Waals surface area contributed by atoms with Gasteiger partial charge >= 0.3 is 5.97 Å². The standard InChI is InChI=1S/C14H17N3O3S/c1-9-14(2,5-7-20-9)17-12-10(4-3-6-15-12)16-13(17)21-8-11(18)19/h3-4,6,9H,5,7-8H2,1-2H3,(H,18,19). The van der Waals surface area contributed by atoms with Gasteiger partial charge in [0.15, 0.2) is 10.8 Å². The van der Waals surface area contributed by atoms with Crippen molar-refractivity contribution in [2.24, 2.45) is 0 Å². The summed E-state index contributed by atoms with van der Waals surface area (Å²) in [6.45, 7) is 4.84. The molecule has 3 rings (SSSR count). The molecular weight excluding hydrogens is 290 g/mol. The van der Waals surface area contributed by atoms with Gasteiger partial charge in [0.1, 0.15) is 5.52 Å². The molecule has 0 radical (unpaired) electrons. The fraction of sp³-hybridized carbons (Fsp3) is 0.500. The van der Waals surface area contributed by atoms with E-state index >= 15 is 0 Å². The van der Waals surface area contributed by atoms with Crippen molar-refractivity contribution in [3.8, 4) is 0 Å². The minimum absolute atomic E-state index is 0.0192. The van der Waals surface area contributed by atoms with Crippen molar-refractivity contribution in [3.05, 3.63) is 18.3 Å². The monoisotopic (exact) mass is 307 g/mol. The first-order valence-electron chi connectivity index (χ1n) is 6.82. The molecule has 1 fully saturated rings. The van der Waals surface area contributed by atoms with E-state index in [0.717, 1.165) is 17.6 Å². The van der Waals surface area contributed by atoms with Crippen molar-refractivity contribution >= 4 is 28.9 Å². The Kier molecular flexibility index (Phi) is 3.62. The Morgan fingerprint density at radius 2 is 2.48 bits per heavy atom. The summed E-state index contributed by atoms with van der Waals surface area (Å²) >= 11 is 1.23. The molecule has 1 N–H and O–H groups in total. The molecule has 0 amide bonds. The van der Waals surface area contributed by atoms with Crippen LogP contribution in [0.1, 0.15) is 20.3 Å². The molecule has 0 aliphatic carbocycles. The molecule has 2 aromatic rings. The van der Waals surface area contributed by atoms with E-state index in [0.29, 0.717) is 11.8 Å². The van der Waals surface area contributed by atoms with Gasteiger partial charge in [-0.05, 0) is 32.4 Å². The number of carboxylic acids is 1. The zero-order valence-corrected chi connectivity index (χ0v) is 12.8. The Balaban J connectivity index is 2.13. The van der Waals surface area contributed by atoms with E-state index < -0.39 is 5.97 Å². The van der Waals surface area contributed by atoms with Crippen molar-refractivity contribution < 1.29 is 14.6 Å². The Morgan fingerprint density at radius 1 is 1.67 bits per heavy atom. The van der Waals surface area contributed by atoms with Gasteiger partial charge in [-0.25, -0.2) is 9.97 Å². The molecule has 2 aromatic heterocycles. The number of aromatic nitrogens is 3. The molecule has 0 aromatic carbocycles. The summed E-state index contributed by atoms with van der Waals surface area (Å²) in [5.41, 5.74) is 1.31. The number of carboxylic acid groups (broad SMARTS) is 1. The number of hydrogen-bond acceptors (Lipinski definition) is 5. The number of hydrogen-bond donors (Lipinski definition) is 1. The minimum Gasteiger partial charge on any atom is -0.481 e. The predicted octanol–water partition coefficient (Wildman–Crippen LogP) is 2.13. The summed E-state index contributed by atoms with van der Waals surface area (Å²) in [4.78, 5) is 19.9. The van der Waals surface area contributed by atoms with E-state index in [1.54, 1.807) is 6.20 Å². The molecule has 0 spiro atoms. The zero-order valence-electron chi connectivity index (χ0n) is 11.9. The number of imidazole rings is 1. The summed E-state index contributed by atoms with van der Waals surface area (Å²) in [5.74, 6) is -0.873. The quantitative estimate of drug-likeness (QED) is 0.872. The van der Waals surface area contributed by atoms with E-state index in [1.165, 1.54) is 11.8 Å². The van der Waals surface area contributed by atoms with Crippen LogP contribution in [0.15, 0.2) is 23.5 Å². The average molecular weight is 307 g/mol. The molecule has 2 atom stereocenters. The summed E-state index contributed by atoms with van der Waals surface area (Å²) in [7, 11) is 0. The topological polar surface area (TPSA) is 77.2 Å². The summed E-state index contributed by atoms with van der Waals surface area (Å²) < 4.78 is 7.77. The Morgan fingerprint density at radius 3 is 3.14 bits per heavy atom. The van der Waals surface area contributed by atoms with Crippen LogP contribution in [-0.4, -0.2) is 44.1 Å². The van der Waals surface area contributed by atoms with Crippen LogP contribution in [0, 0.1) is 0 Å². The third-order valence-corrected chi connectivity index (χ3v) is 5.00.